The first-order valence-corrected chi connectivity index (χ1v) is 6.79. The molecule has 0 unspecified atom stereocenters. The van der Waals surface area contributed by atoms with Crippen molar-refractivity contribution in [3.63, 3.8) is 0 Å². The lowest BCUT2D eigenvalue weighted by Gasteiger charge is -2.07. The summed E-state index contributed by atoms with van der Waals surface area (Å²) in [5.74, 6) is 0.607. The molecule has 0 atom stereocenters. The minimum Gasteiger partial charge on any atom is -0.496 e. The number of hydrogen-bond acceptors (Lipinski definition) is 5. The fraction of sp³-hybridized carbons (Fsp3) is 0.231. The molecule has 100 valence electrons. The Hall–Kier alpha value is -1.59. The molecule has 0 radical (unpaired) electrons. The molecule has 1 aromatic carbocycles. The molecule has 1 aromatic heterocycles. The number of ketones is 1. The van der Waals surface area contributed by atoms with E-state index in [4.69, 9.17) is 16.3 Å². The van der Waals surface area contributed by atoms with Gasteiger partial charge in [-0.25, -0.2) is 4.98 Å². The molecule has 19 heavy (non-hydrogen) atoms. The number of halogens is 1. The first kappa shape index (κ1) is 13.8. The van der Waals surface area contributed by atoms with Gasteiger partial charge in [0.15, 0.2) is 10.9 Å². The molecule has 0 bridgehead atoms. The van der Waals surface area contributed by atoms with Gasteiger partial charge in [0.05, 0.1) is 17.7 Å². The van der Waals surface area contributed by atoms with Gasteiger partial charge in [0.2, 0.25) is 0 Å². The number of Topliss-reactive ketones (excluding diaryl/α,β-unsaturated/α-hetero) is 1. The van der Waals surface area contributed by atoms with Crippen LogP contribution in [0.1, 0.15) is 16.6 Å². The second-order valence-corrected chi connectivity index (χ2v) is 5.28. The van der Waals surface area contributed by atoms with Crippen molar-refractivity contribution in [1.29, 1.82) is 0 Å². The lowest BCUT2D eigenvalue weighted by atomic mass is 10.1. The zero-order valence-electron chi connectivity index (χ0n) is 10.8. The Morgan fingerprint density at radius 3 is 2.79 bits per heavy atom. The summed E-state index contributed by atoms with van der Waals surface area (Å²) in [6, 6.07) is 5.25. The van der Waals surface area contributed by atoms with Crippen LogP contribution in [0.25, 0.3) is 11.3 Å². The molecular weight excluding hydrogens is 284 g/mol. The largest absolute Gasteiger partial charge is 0.496 e. The number of rotatable bonds is 4. The summed E-state index contributed by atoms with van der Waals surface area (Å²) in [7, 11) is 3.34. The third-order valence-electron chi connectivity index (χ3n) is 2.58. The summed E-state index contributed by atoms with van der Waals surface area (Å²) in [6.07, 6.45) is 0. The van der Waals surface area contributed by atoms with Crippen molar-refractivity contribution in [2.75, 3.05) is 19.5 Å². The van der Waals surface area contributed by atoms with Crippen LogP contribution in [0.3, 0.4) is 0 Å². The van der Waals surface area contributed by atoms with Crippen molar-refractivity contribution < 1.29 is 9.53 Å². The average Bonchev–Trinajstić information content (AvgIpc) is 2.83. The molecule has 1 N–H and O–H groups in total. The number of benzene rings is 1. The maximum Gasteiger partial charge on any atom is 0.183 e. The third kappa shape index (κ3) is 2.72. The van der Waals surface area contributed by atoms with Crippen molar-refractivity contribution >= 4 is 33.9 Å². The minimum absolute atomic E-state index is 0.0315. The number of nitrogens with zero attached hydrogens (tertiary/aromatic N) is 1. The smallest absolute Gasteiger partial charge is 0.183 e. The molecule has 0 aliphatic carbocycles. The van der Waals surface area contributed by atoms with E-state index < -0.39 is 0 Å². The van der Waals surface area contributed by atoms with Crippen LogP contribution in [0.5, 0.6) is 5.75 Å². The number of thiazole rings is 1. The fourth-order valence-electron chi connectivity index (χ4n) is 1.71. The molecule has 0 aliphatic heterocycles. The topological polar surface area (TPSA) is 51.2 Å². The van der Waals surface area contributed by atoms with Crippen LogP contribution in [0, 0.1) is 0 Å². The molecule has 0 aliphatic rings. The van der Waals surface area contributed by atoms with Crippen molar-refractivity contribution in [2.45, 2.75) is 6.92 Å². The molecule has 1 heterocycles. The van der Waals surface area contributed by atoms with E-state index in [1.54, 1.807) is 32.4 Å². The van der Waals surface area contributed by atoms with E-state index in [-0.39, 0.29) is 5.78 Å². The van der Waals surface area contributed by atoms with Crippen LogP contribution >= 0.6 is 22.9 Å². The monoisotopic (exact) mass is 296 g/mol. The highest BCUT2D eigenvalue weighted by atomic mass is 35.5. The summed E-state index contributed by atoms with van der Waals surface area (Å²) < 4.78 is 5.31. The summed E-state index contributed by atoms with van der Waals surface area (Å²) >= 11 is 7.33. The standard InChI is InChI=1S/C13H13ClN2O2S/c1-7(17)12-11(16-13(15-2)19-12)9-6-8(14)4-5-10(9)18-3/h4-6H,1-3H3,(H,15,16). The van der Waals surface area contributed by atoms with Gasteiger partial charge in [-0.15, -0.1) is 0 Å². The molecule has 6 heteroatoms. The van der Waals surface area contributed by atoms with E-state index in [1.807, 2.05) is 0 Å². The van der Waals surface area contributed by atoms with Gasteiger partial charge in [0.25, 0.3) is 0 Å². The van der Waals surface area contributed by atoms with Gasteiger partial charge in [-0.1, -0.05) is 22.9 Å². The van der Waals surface area contributed by atoms with E-state index in [0.717, 1.165) is 5.56 Å². The van der Waals surface area contributed by atoms with Gasteiger partial charge in [0.1, 0.15) is 5.75 Å². The number of carbonyl (C=O) groups is 1. The number of aromatic nitrogens is 1. The van der Waals surface area contributed by atoms with Gasteiger partial charge in [0, 0.05) is 24.6 Å². The Bertz CT molecular complexity index is 625. The maximum absolute atomic E-state index is 11.7. The first-order valence-electron chi connectivity index (χ1n) is 5.60. The average molecular weight is 297 g/mol. The summed E-state index contributed by atoms with van der Waals surface area (Å²) in [4.78, 5) is 16.7. The van der Waals surface area contributed by atoms with Crippen molar-refractivity contribution in [2.24, 2.45) is 0 Å². The lowest BCUT2D eigenvalue weighted by Crippen LogP contribution is -1.95. The predicted molar refractivity (Wildman–Crippen MR) is 78.7 cm³/mol. The van der Waals surface area contributed by atoms with E-state index in [0.29, 0.717) is 26.5 Å². The van der Waals surface area contributed by atoms with Crippen molar-refractivity contribution in [3.8, 4) is 17.0 Å². The molecule has 0 amide bonds. The van der Waals surface area contributed by atoms with E-state index in [1.165, 1.54) is 18.3 Å². The fourth-order valence-corrected chi connectivity index (χ4v) is 2.71. The van der Waals surface area contributed by atoms with Crippen molar-refractivity contribution in [1.82, 2.24) is 4.98 Å². The van der Waals surface area contributed by atoms with Gasteiger partial charge in [-0.3, -0.25) is 4.79 Å². The molecule has 4 nitrogen and oxygen atoms in total. The van der Waals surface area contributed by atoms with E-state index >= 15 is 0 Å². The first-order chi connectivity index (χ1) is 9.06. The predicted octanol–water partition coefficient (Wildman–Crippen LogP) is 3.72. The Morgan fingerprint density at radius 1 is 1.47 bits per heavy atom. The van der Waals surface area contributed by atoms with Crippen LogP contribution in [0.15, 0.2) is 18.2 Å². The number of ether oxygens (including phenoxy) is 1. The highest BCUT2D eigenvalue weighted by Gasteiger charge is 2.19. The zero-order valence-corrected chi connectivity index (χ0v) is 12.4. The second-order valence-electron chi connectivity index (χ2n) is 3.85. The van der Waals surface area contributed by atoms with Gasteiger partial charge < -0.3 is 10.1 Å². The van der Waals surface area contributed by atoms with E-state index in [9.17, 15) is 4.79 Å². The van der Waals surface area contributed by atoms with Crippen molar-refractivity contribution in [3.05, 3.63) is 28.1 Å². The van der Waals surface area contributed by atoms with Crippen LogP contribution in [0.4, 0.5) is 5.13 Å². The normalized spacial score (nSPS) is 10.3. The van der Waals surface area contributed by atoms with Gasteiger partial charge >= 0.3 is 0 Å². The Labute approximate surface area is 120 Å². The summed E-state index contributed by atoms with van der Waals surface area (Å²) in [6.45, 7) is 1.52. The lowest BCUT2D eigenvalue weighted by molar-refractivity contribution is 0.102. The van der Waals surface area contributed by atoms with Crippen LogP contribution in [0.2, 0.25) is 5.02 Å². The van der Waals surface area contributed by atoms with Crippen LogP contribution in [-0.4, -0.2) is 24.9 Å². The Balaban J connectivity index is 2.66. The molecule has 0 fully saturated rings. The third-order valence-corrected chi connectivity index (χ3v) is 3.99. The minimum atomic E-state index is -0.0315. The quantitative estimate of drug-likeness (QED) is 0.874. The Morgan fingerprint density at radius 2 is 2.21 bits per heavy atom. The molecule has 0 saturated heterocycles. The number of carbonyl (C=O) groups excluding carboxylic acids is 1. The number of nitrogens with one attached hydrogen (secondary N) is 1. The molecule has 0 saturated carbocycles. The van der Waals surface area contributed by atoms with Gasteiger partial charge in [-0.05, 0) is 18.2 Å². The maximum atomic E-state index is 11.7. The Kier molecular flexibility index (Phi) is 4.07. The summed E-state index contributed by atoms with van der Waals surface area (Å²) in [5, 5.41) is 4.20. The zero-order chi connectivity index (χ0) is 14.0. The molecule has 2 rings (SSSR count). The molecular formula is C13H13ClN2O2S. The number of anilines is 1. The van der Waals surface area contributed by atoms with E-state index in [2.05, 4.69) is 10.3 Å². The highest BCUT2D eigenvalue weighted by Crippen LogP contribution is 2.37. The van der Waals surface area contributed by atoms with Crippen LogP contribution in [-0.2, 0) is 0 Å². The second kappa shape index (κ2) is 5.59. The number of hydrogen-bond donors (Lipinski definition) is 1. The SMILES string of the molecule is CNc1nc(-c2cc(Cl)ccc2OC)c(C(C)=O)s1. The highest BCUT2D eigenvalue weighted by molar-refractivity contribution is 7.18. The number of methoxy groups -OCH3 is 1. The summed E-state index contributed by atoms with van der Waals surface area (Å²) in [5.41, 5.74) is 1.32. The molecule has 2 aromatic rings. The molecule has 0 spiro atoms. The van der Waals surface area contributed by atoms with Crippen LogP contribution < -0.4 is 10.1 Å². The van der Waals surface area contributed by atoms with Gasteiger partial charge in [-0.2, -0.15) is 0 Å².